The Morgan fingerprint density at radius 2 is 0.875 bits per heavy atom. The van der Waals surface area contributed by atoms with E-state index < -0.39 is 0 Å². The number of aromatic nitrogens is 6. The maximum Gasteiger partial charge on any atom is 0.226 e. The molecular formula is C32H20N6O2. The van der Waals surface area contributed by atoms with E-state index in [0.717, 1.165) is 44.8 Å². The van der Waals surface area contributed by atoms with Gasteiger partial charge in [0, 0.05) is 70.6 Å². The second-order valence-corrected chi connectivity index (χ2v) is 8.99. The molecule has 0 saturated carbocycles. The first-order chi connectivity index (χ1) is 19.8. The van der Waals surface area contributed by atoms with Gasteiger partial charge in [0.05, 0.1) is 23.8 Å². The van der Waals surface area contributed by atoms with Crippen LogP contribution in [0.2, 0.25) is 0 Å². The Kier molecular flexibility index (Phi) is 5.95. The molecule has 0 atom stereocenters. The molecule has 0 aliphatic rings. The monoisotopic (exact) mass is 520 g/mol. The van der Waals surface area contributed by atoms with Crippen LogP contribution >= 0.6 is 0 Å². The first-order valence-electron chi connectivity index (χ1n) is 12.6. The van der Waals surface area contributed by atoms with Crippen LogP contribution in [0, 0.1) is 0 Å². The van der Waals surface area contributed by atoms with Gasteiger partial charge in [-0.25, -0.2) is 9.97 Å². The number of pyridine rings is 4. The smallest absolute Gasteiger partial charge is 0.226 e. The largest absolute Gasteiger partial charge is 0.436 e. The fourth-order valence-electron chi connectivity index (χ4n) is 4.36. The summed E-state index contributed by atoms with van der Waals surface area (Å²) in [5.74, 6) is 2.20. The Labute approximate surface area is 229 Å². The second-order valence-electron chi connectivity index (χ2n) is 8.99. The van der Waals surface area contributed by atoms with Gasteiger partial charge in [0.2, 0.25) is 11.8 Å². The summed E-state index contributed by atoms with van der Waals surface area (Å²) in [7, 11) is 0. The van der Waals surface area contributed by atoms with E-state index in [1.807, 2.05) is 72.8 Å². The molecule has 0 aliphatic carbocycles. The van der Waals surface area contributed by atoms with Crippen LogP contribution in [-0.4, -0.2) is 29.9 Å². The summed E-state index contributed by atoms with van der Waals surface area (Å²) in [4.78, 5) is 26.6. The minimum absolute atomic E-state index is 0.485. The van der Waals surface area contributed by atoms with Crippen LogP contribution in [0.3, 0.4) is 0 Å². The zero-order valence-electron chi connectivity index (χ0n) is 21.0. The molecule has 190 valence electrons. The van der Waals surface area contributed by atoms with Crippen molar-refractivity contribution in [2.24, 2.45) is 0 Å². The first kappa shape index (κ1) is 23.4. The molecule has 0 saturated heterocycles. The van der Waals surface area contributed by atoms with Crippen molar-refractivity contribution in [2.45, 2.75) is 0 Å². The Morgan fingerprint density at radius 1 is 0.400 bits per heavy atom. The van der Waals surface area contributed by atoms with E-state index in [1.54, 1.807) is 49.6 Å². The van der Waals surface area contributed by atoms with Crippen LogP contribution in [0.1, 0.15) is 0 Å². The summed E-state index contributed by atoms with van der Waals surface area (Å²) in [6.45, 7) is 0. The normalized spacial score (nSPS) is 11.0. The molecule has 0 N–H and O–H groups in total. The molecule has 6 heterocycles. The van der Waals surface area contributed by atoms with Gasteiger partial charge >= 0.3 is 0 Å². The average Bonchev–Trinajstić information content (AvgIpc) is 3.74. The highest BCUT2D eigenvalue weighted by Gasteiger charge is 2.14. The standard InChI is InChI=1S/C32H20N6O2/c1-3-10-35-27(8-1)23-13-25(17-33-15-23)29-19-37-31(39-29)21-6-5-7-22(12-21)32-38-20-30(40-32)26-14-24(16-34-18-26)28-9-2-4-11-36-28/h1-20H. The molecule has 0 spiro atoms. The molecule has 8 nitrogen and oxygen atoms in total. The van der Waals surface area contributed by atoms with E-state index >= 15 is 0 Å². The van der Waals surface area contributed by atoms with Crippen LogP contribution in [-0.2, 0) is 0 Å². The van der Waals surface area contributed by atoms with E-state index in [1.165, 1.54) is 0 Å². The number of rotatable bonds is 6. The van der Waals surface area contributed by atoms with Crippen molar-refractivity contribution < 1.29 is 8.83 Å². The molecule has 0 unspecified atom stereocenters. The summed E-state index contributed by atoms with van der Waals surface area (Å²) < 4.78 is 12.3. The Morgan fingerprint density at radius 3 is 1.35 bits per heavy atom. The van der Waals surface area contributed by atoms with Crippen molar-refractivity contribution in [1.82, 2.24) is 29.9 Å². The van der Waals surface area contributed by atoms with Gasteiger partial charge in [-0.05, 0) is 54.6 Å². The first-order valence-corrected chi connectivity index (χ1v) is 12.6. The van der Waals surface area contributed by atoms with Gasteiger partial charge in [0.25, 0.3) is 0 Å². The minimum atomic E-state index is 0.485. The van der Waals surface area contributed by atoms with Crippen molar-refractivity contribution in [2.75, 3.05) is 0 Å². The van der Waals surface area contributed by atoms with E-state index in [2.05, 4.69) is 29.9 Å². The van der Waals surface area contributed by atoms with E-state index in [-0.39, 0.29) is 0 Å². The zero-order chi connectivity index (χ0) is 26.7. The quantitative estimate of drug-likeness (QED) is 0.226. The maximum absolute atomic E-state index is 6.13. The fourth-order valence-corrected chi connectivity index (χ4v) is 4.36. The number of hydrogen-bond acceptors (Lipinski definition) is 8. The summed E-state index contributed by atoms with van der Waals surface area (Å²) >= 11 is 0. The van der Waals surface area contributed by atoms with E-state index in [4.69, 9.17) is 8.83 Å². The molecule has 0 radical (unpaired) electrons. The predicted octanol–water partition coefficient (Wildman–Crippen LogP) is 7.24. The highest BCUT2D eigenvalue weighted by molar-refractivity contribution is 5.71. The number of benzene rings is 1. The lowest BCUT2D eigenvalue weighted by Gasteiger charge is -2.03. The van der Waals surface area contributed by atoms with Crippen LogP contribution in [0.5, 0.6) is 0 Å². The molecular weight excluding hydrogens is 500 g/mol. The van der Waals surface area contributed by atoms with Gasteiger partial charge in [-0.2, -0.15) is 0 Å². The molecule has 0 amide bonds. The number of hydrogen-bond donors (Lipinski definition) is 0. The Hall–Kier alpha value is -5.76. The molecule has 0 fully saturated rings. The van der Waals surface area contributed by atoms with Gasteiger partial charge in [0.1, 0.15) is 0 Å². The SMILES string of the molecule is c1ccc(-c2cncc(-c3cnc(-c4cccc(-c5ncc(-c6cncc(-c7ccccn7)c6)o5)c4)o3)c2)nc1. The number of nitrogens with zero attached hydrogens (tertiary/aromatic N) is 6. The van der Waals surface area contributed by atoms with Gasteiger partial charge in [-0.3, -0.25) is 19.9 Å². The predicted molar refractivity (Wildman–Crippen MR) is 150 cm³/mol. The van der Waals surface area contributed by atoms with Crippen LogP contribution in [0.25, 0.3) is 68.1 Å². The Bertz CT molecular complexity index is 1780. The van der Waals surface area contributed by atoms with E-state index in [9.17, 15) is 0 Å². The topological polar surface area (TPSA) is 104 Å². The number of oxazole rings is 2. The van der Waals surface area contributed by atoms with Crippen molar-refractivity contribution in [3.63, 3.8) is 0 Å². The van der Waals surface area contributed by atoms with Crippen molar-refractivity contribution in [1.29, 1.82) is 0 Å². The molecule has 1 aromatic carbocycles. The maximum atomic E-state index is 6.13. The molecule has 6 aromatic heterocycles. The summed E-state index contributed by atoms with van der Waals surface area (Å²) in [6, 6.07) is 23.3. The van der Waals surface area contributed by atoms with Gasteiger partial charge in [-0.15, -0.1) is 0 Å². The fraction of sp³-hybridized carbons (Fsp3) is 0. The van der Waals surface area contributed by atoms with Gasteiger partial charge in [0.15, 0.2) is 11.5 Å². The molecule has 8 heteroatoms. The summed E-state index contributed by atoms with van der Waals surface area (Å²) in [5, 5.41) is 0. The Balaban J connectivity index is 1.15. The minimum Gasteiger partial charge on any atom is -0.436 e. The van der Waals surface area contributed by atoms with Crippen molar-refractivity contribution >= 4 is 0 Å². The van der Waals surface area contributed by atoms with Crippen LogP contribution in [0.15, 0.2) is 131 Å². The molecule has 0 bridgehead atoms. The third kappa shape index (κ3) is 4.65. The van der Waals surface area contributed by atoms with Crippen molar-refractivity contribution in [3.8, 4) is 68.1 Å². The average molecular weight is 521 g/mol. The third-order valence-electron chi connectivity index (χ3n) is 6.33. The van der Waals surface area contributed by atoms with Crippen LogP contribution < -0.4 is 0 Å². The molecule has 7 rings (SSSR count). The summed E-state index contributed by atoms with van der Waals surface area (Å²) in [6.07, 6.45) is 14.0. The highest BCUT2D eigenvalue weighted by atomic mass is 16.4. The summed E-state index contributed by atoms with van der Waals surface area (Å²) in [5.41, 5.74) is 6.72. The third-order valence-corrected chi connectivity index (χ3v) is 6.33. The van der Waals surface area contributed by atoms with Crippen LogP contribution in [0.4, 0.5) is 0 Å². The molecule has 0 aliphatic heterocycles. The molecule has 7 aromatic rings. The highest BCUT2D eigenvalue weighted by Crippen LogP contribution is 2.32. The lowest BCUT2D eigenvalue weighted by molar-refractivity contribution is 0.586. The van der Waals surface area contributed by atoms with Crippen molar-refractivity contribution in [3.05, 3.63) is 122 Å². The van der Waals surface area contributed by atoms with E-state index in [0.29, 0.717) is 23.3 Å². The second kappa shape index (κ2) is 10.2. The molecule has 40 heavy (non-hydrogen) atoms. The lowest BCUT2D eigenvalue weighted by Crippen LogP contribution is -1.85. The van der Waals surface area contributed by atoms with Gasteiger partial charge < -0.3 is 8.83 Å². The lowest BCUT2D eigenvalue weighted by atomic mass is 10.1. The van der Waals surface area contributed by atoms with Gasteiger partial charge in [-0.1, -0.05) is 18.2 Å². The zero-order valence-corrected chi connectivity index (χ0v) is 21.0.